The molecule has 2 N–H and O–H groups in total. The molecule has 2 heterocycles. The van der Waals surface area contributed by atoms with Gasteiger partial charge in [-0.05, 0) is 25.1 Å². The average Bonchev–Trinajstić information content (AvgIpc) is 2.69. The largest absolute Gasteiger partial charge is 0.402 e. The number of aromatic nitrogens is 2. The molecule has 0 aliphatic heterocycles. The third-order valence-corrected chi connectivity index (χ3v) is 2.33. The van der Waals surface area contributed by atoms with Gasteiger partial charge in [0.2, 0.25) is 0 Å². The Hall–Kier alpha value is -2.10. The summed E-state index contributed by atoms with van der Waals surface area (Å²) >= 11 is 0. The first kappa shape index (κ1) is 10.4. The SMILES string of the molecule is CN=C(/C=C(\C)N)n1ccc2ccncc21. The number of allylic oxidation sites excluding steroid dienone is 2. The van der Waals surface area contributed by atoms with Gasteiger partial charge in [-0.1, -0.05) is 0 Å². The van der Waals surface area contributed by atoms with Crippen molar-refractivity contribution in [1.29, 1.82) is 0 Å². The maximum atomic E-state index is 5.67. The lowest BCUT2D eigenvalue weighted by Crippen LogP contribution is -2.10. The lowest BCUT2D eigenvalue weighted by molar-refractivity contribution is 1.17. The summed E-state index contributed by atoms with van der Waals surface area (Å²) in [5, 5.41) is 1.14. The van der Waals surface area contributed by atoms with Crippen molar-refractivity contribution in [1.82, 2.24) is 9.55 Å². The van der Waals surface area contributed by atoms with Crippen molar-refractivity contribution < 1.29 is 0 Å². The Balaban J connectivity index is 2.59. The van der Waals surface area contributed by atoms with Gasteiger partial charge in [-0.25, -0.2) is 0 Å². The van der Waals surface area contributed by atoms with Crippen molar-refractivity contribution in [3.63, 3.8) is 0 Å². The number of pyridine rings is 1. The third-order valence-electron chi connectivity index (χ3n) is 2.33. The van der Waals surface area contributed by atoms with Crippen molar-refractivity contribution in [2.24, 2.45) is 10.7 Å². The smallest absolute Gasteiger partial charge is 0.133 e. The van der Waals surface area contributed by atoms with Gasteiger partial charge in [0.15, 0.2) is 0 Å². The Morgan fingerprint density at radius 1 is 1.50 bits per heavy atom. The van der Waals surface area contributed by atoms with Gasteiger partial charge in [0.05, 0.1) is 11.7 Å². The van der Waals surface area contributed by atoms with Crippen LogP contribution in [0.15, 0.2) is 47.5 Å². The summed E-state index contributed by atoms with van der Waals surface area (Å²) in [6, 6.07) is 4.00. The van der Waals surface area contributed by atoms with Crippen LogP contribution in [0, 0.1) is 0 Å². The van der Waals surface area contributed by atoms with Crippen molar-refractivity contribution in [3.8, 4) is 0 Å². The van der Waals surface area contributed by atoms with Crippen LogP contribution in [0.2, 0.25) is 0 Å². The predicted molar refractivity (Wildman–Crippen MR) is 66.4 cm³/mol. The molecule has 0 bridgehead atoms. The number of nitrogens with zero attached hydrogens (tertiary/aromatic N) is 3. The predicted octanol–water partition coefficient (Wildman–Crippen LogP) is 1.78. The van der Waals surface area contributed by atoms with Crippen LogP contribution in [-0.4, -0.2) is 22.4 Å². The minimum absolute atomic E-state index is 0.728. The number of rotatable bonds is 1. The van der Waals surface area contributed by atoms with Crippen molar-refractivity contribution >= 4 is 16.7 Å². The zero-order valence-corrected chi connectivity index (χ0v) is 9.38. The molecule has 0 aromatic carbocycles. The lowest BCUT2D eigenvalue weighted by Gasteiger charge is -2.04. The van der Waals surface area contributed by atoms with Crippen LogP contribution in [-0.2, 0) is 0 Å². The average molecular weight is 214 g/mol. The summed E-state index contributed by atoms with van der Waals surface area (Å²) in [7, 11) is 1.75. The first-order valence-electron chi connectivity index (χ1n) is 5.04. The highest BCUT2D eigenvalue weighted by molar-refractivity contribution is 6.01. The normalized spacial score (nSPS) is 13.4. The summed E-state index contributed by atoms with van der Waals surface area (Å²) in [6.07, 6.45) is 7.40. The zero-order valence-electron chi connectivity index (χ0n) is 9.38. The van der Waals surface area contributed by atoms with Crippen LogP contribution < -0.4 is 5.73 Å². The van der Waals surface area contributed by atoms with Gasteiger partial charge in [0.1, 0.15) is 5.84 Å². The summed E-state index contributed by atoms with van der Waals surface area (Å²) in [5.41, 5.74) is 7.43. The first-order valence-corrected chi connectivity index (χ1v) is 5.04. The van der Waals surface area contributed by atoms with Crippen LogP contribution in [0.5, 0.6) is 0 Å². The van der Waals surface area contributed by atoms with Gasteiger partial charge < -0.3 is 5.73 Å². The van der Waals surface area contributed by atoms with E-state index in [-0.39, 0.29) is 0 Å². The number of nitrogens with two attached hydrogens (primary N) is 1. The molecule has 0 radical (unpaired) electrons. The van der Waals surface area contributed by atoms with Gasteiger partial charge in [-0.2, -0.15) is 0 Å². The van der Waals surface area contributed by atoms with E-state index in [1.165, 1.54) is 0 Å². The Kier molecular flexibility index (Phi) is 2.72. The van der Waals surface area contributed by atoms with E-state index in [0.717, 1.165) is 22.4 Å². The fourth-order valence-corrected chi connectivity index (χ4v) is 1.62. The van der Waals surface area contributed by atoms with E-state index in [2.05, 4.69) is 9.98 Å². The topological polar surface area (TPSA) is 56.2 Å². The minimum Gasteiger partial charge on any atom is -0.402 e. The molecule has 0 aliphatic carbocycles. The molecule has 2 rings (SSSR count). The standard InChI is InChI=1S/C12H14N4/c1-9(13)7-12(14-2)16-6-4-10-3-5-15-8-11(10)16/h3-8H,13H2,1-2H3/b9-7+,14-12?. The van der Waals surface area contributed by atoms with Crippen molar-refractivity contribution in [3.05, 3.63) is 42.5 Å². The quantitative estimate of drug-likeness (QED) is 0.581. The molecule has 0 unspecified atom stereocenters. The lowest BCUT2D eigenvalue weighted by atomic mass is 10.3. The number of fused-ring (bicyclic) bond motifs is 1. The molecule has 2 aromatic heterocycles. The monoisotopic (exact) mass is 214 g/mol. The van der Waals surface area contributed by atoms with E-state index in [0.29, 0.717) is 0 Å². The van der Waals surface area contributed by atoms with Crippen LogP contribution in [0.3, 0.4) is 0 Å². The molecule has 0 saturated heterocycles. The van der Waals surface area contributed by atoms with Gasteiger partial charge in [0.25, 0.3) is 0 Å². The van der Waals surface area contributed by atoms with Gasteiger partial charge in [-0.3, -0.25) is 14.5 Å². The Morgan fingerprint density at radius 2 is 2.31 bits per heavy atom. The van der Waals surface area contributed by atoms with E-state index in [1.807, 2.05) is 42.1 Å². The summed E-state index contributed by atoms with van der Waals surface area (Å²) in [5.74, 6) is 0.808. The fraction of sp³-hybridized carbons (Fsp3) is 0.167. The number of aliphatic imine (C=N–C) groups is 1. The molecule has 0 aliphatic rings. The Labute approximate surface area is 94.1 Å². The van der Waals surface area contributed by atoms with Crippen LogP contribution in [0.4, 0.5) is 0 Å². The van der Waals surface area contributed by atoms with Crippen molar-refractivity contribution in [2.75, 3.05) is 7.05 Å². The van der Waals surface area contributed by atoms with E-state index in [9.17, 15) is 0 Å². The van der Waals surface area contributed by atoms with Gasteiger partial charge in [0, 0.05) is 30.5 Å². The highest BCUT2D eigenvalue weighted by atomic mass is 15.0. The molecule has 0 saturated carbocycles. The fourth-order valence-electron chi connectivity index (χ4n) is 1.62. The van der Waals surface area contributed by atoms with E-state index in [4.69, 9.17) is 5.73 Å². The molecule has 0 amide bonds. The second-order valence-corrected chi connectivity index (χ2v) is 3.59. The molecule has 0 atom stereocenters. The van der Waals surface area contributed by atoms with Crippen LogP contribution >= 0.6 is 0 Å². The summed E-state index contributed by atoms with van der Waals surface area (Å²) in [4.78, 5) is 8.33. The molecule has 2 aromatic rings. The maximum Gasteiger partial charge on any atom is 0.133 e. The van der Waals surface area contributed by atoms with Crippen molar-refractivity contribution in [2.45, 2.75) is 6.92 Å². The number of hydrogen-bond acceptors (Lipinski definition) is 3. The molecule has 16 heavy (non-hydrogen) atoms. The minimum atomic E-state index is 0.728. The molecule has 4 heteroatoms. The van der Waals surface area contributed by atoms with E-state index >= 15 is 0 Å². The van der Waals surface area contributed by atoms with E-state index in [1.54, 1.807) is 13.2 Å². The Bertz CT molecular complexity index is 559. The molecular weight excluding hydrogens is 200 g/mol. The second kappa shape index (κ2) is 4.18. The second-order valence-electron chi connectivity index (χ2n) is 3.59. The molecule has 0 spiro atoms. The first-order chi connectivity index (χ1) is 7.72. The number of hydrogen-bond donors (Lipinski definition) is 1. The highest BCUT2D eigenvalue weighted by Crippen LogP contribution is 2.14. The maximum absolute atomic E-state index is 5.67. The van der Waals surface area contributed by atoms with Crippen LogP contribution in [0.1, 0.15) is 6.92 Å². The zero-order chi connectivity index (χ0) is 11.5. The third kappa shape index (κ3) is 1.82. The summed E-state index contributed by atoms with van der Waals surface area (Å²) < 4.78 is 1.97. The summed E-state index contributed by atoms with van der Waals surface area (Å²) in [6.45, 7) is 1.84. The van der Waals surface area contributed by atoms with Gasteiger partial charge in [-0.15, -0.1) is 0 Å². The molecular formula is C12H14N4. The van der Waals surface area contributed by atoms with E-state index < -0.39 is 0 Å². The molecule has 82 valence electrons. The molecule has 0 fully saturated rings. The highest BCUT2D eigenvalue weighted by Gasteiger charge is 2.04. The molecule has 4 nitrogen and oxygen atoms in total. The van der Waals surface area contributed by atoms with Gasteiger partial charge >= 0.3 is 0 Å². The van der Waals surface area contributed by atoms with Crippen LogP contribution in [0.25, 0.3) is 10.9 Å². The Morgan fingerprint density at radius 3 is 3.00 bits per heavy atom.